The van der Waals surface area contributed by atoms with Gasteiger partial charge in [0.1, 0.15) is 11.3 Å². The Morgan fingerprint density at radius 1 is 1.13 bits per heavy atom. The van der Waals surface area contributed by atoms with E-state index in [1.54, 1.807) is 0 Å². The normalized spacial score (nSPS) is 11.9. The quantitative estimate of drug-likeness (QED) is 0.107. The van der Waals surface area contributed by atoms with Gasteiger partial charge in [0.25, 0.3) is 5.91 Å². The molecular weight excluding hydrogens is 417 g/mol. The fourth-order valence-corrected chi connectivity index (χ4v) is 2.08. The maximum absolute atomic E-state index is 13.9. The molecule has 1 amide bonds. The van der Waals surface area contributed by atoms with E-state index >= 15 is 0 Å². The molecule has 158 valence electrons. The third-order valence-corrected chi connectivity index (χ3v) is 3.48. The molecule has 30 heavy (non-hydrogen) atoms. The molecule has 2 rings (SSSR count). The van der Waals surface area contributed by atoms with Crippen LogP contribution >= 0.6 is 0 Å². The molecule has 12 heteroatoms. The number of aliphatic hydroxyl groups excluding tert-OH is 1. The van der Waals surface area contributed by atoms with Crippen molar-refractivity contribution >= 4 is 23.9 Å². The van der Waals surface area contributed by atoms with Crippen molar-refractivity contribution in [2.45, 2.75) is 6.92 Å². The highest BCUT2D eigenvalue weighted by molar-refractivity contribution is 6.15. The van der Waals surface area contributed by atoms with E-state index in [4.69, 9.17) is 0 Å². The lowest BCUT2D eigenvalue weighted by Gasteiger charge is -2.10. The van der Waals surface area contributed by atoms with Crippen LogP contribution in [0.3, 0.4) is 0 Å². The minimum atomic E-state index is -2.45. The highest BCUT2D eigenvalue weighted by Crippen LogP contribution is 2.28. The Morgan fingerprint density at radius 2 is 1.73 bits per heavy atom. The summed E-state index contributed by atoms with van der Waals surface area (Å²) in [4.78, 5) is 27.6. The van der Waals surface area contributed by atoms with Crippen LogP contribution in [-0.2, 0) is 9.53 Å². The number of esters is 1. The second-order valence-electron chi connectivity index (χ2n) is 5.37. The number of benzene rings is 1. The van der Waals surface area contributed by atoms with Gasteiger partial charge < -0.3 is 9.84 Å². The molecule has 1 aromatic heterocycles. The molecule has 0 spiro atoms. The first-order valence-corrected chi connectivity index (χ1v) is 8.06. The van der Waals surface area contributed by atoms with Crippen LogP contribution < -0.4 is 5.43 Å². The third-order valence-electron chi connectivity index (χ3n) is 3.48. The van der Waals surface area contributed by atoms with E-state index in [2.05, 4.69) is 14.8 Å². The van der Waals surface area contributed by atoms with Crippen molar-refractivity contribution in [2.75, 3.05) is 6.61 Å². The summed E-state index contributed by atoms with van der Waals surface area (Å²) in [5.41, 5.74) is -0.850. The van der Waals surface area contributed by atoms with Crippen molar-refractivity contribution in [3.8, 4) is 0 Å². The smallest absolute Gasteiger partial charge is 0.343 e. The van der Waals surface area contributed by atoms with Gasteiger partial charge in [0.05, 0.1) is 23.9 Å². The number of rotatable bonds is 6. The number of ether oxygens (including phenoxy) is 1. The van der Waals surface area contributed by atoms with Crippen LogP contribution in [0.4, 0.5) is 22.0 Å². The van der Waals surface area contributed by atoms with Gasteiger partial charge in [-0.05, 0) is 19.1 Å². The summed E-state index contributed by atoms with van der Waals surface area (Å²) in [6, 6.07) is 2.81. The van der Waals surface area contributed by atoms with Crippen LogP contribution in [0.2, 0.25) is 0 Å². The minimum Gasteiger partial charge on any atom is -0.506 e. The Morgan fingerprint density at radius 3 is 2.27 bits per heavy atom. The minimum absolute atomic E-state index is 0.0558. The molecule has 0 aliphatic carbocycles. The SMILES string of the molecule is CCOC(=O)C(/C=N/NC(=O)c1cccnc1)=C(\O)c1c(F)c(F)c(F)c(F)c1F. The van der Waals surface area contributed by atoms with Crippen molar-refractivity contribution in [3.63, 3.8) is 0 Å². The Labute approximate surface area is 165 Å². The van der Waals surface area contributed by atoms with Gasteiger partial charge in [0.2, 0.25) is 5.82 Å². The number of pyridine rings is 1. The number of carbonyl (C=O) groups is 2. The average Bonchev–Trinajstić information content (AvgIpc) is 2.74. The Hall–Kier alpha value is -3.83. The predicted octanol–water partition coefficient (Wildman–Crippen LogP) is 3.03. The number of nitrogens with one attached hydrogen (secondary N) is 1. The number of halogens is 5. The van der Waals surface area contributed by atoms with Crippen molar-refractivity contribution in [3.05, 3.63) is 70.3 Å². The molecule has 0 fully saturated rings. The number of nitrogens with zero attached hydrogens (tertiary/aromatic N) is 2. The van der Waals surface area contributed by atoms with Gasteiger partial charge in [-0.2, -0.15) is 5.10 Å². The lowest BCUT2D eigenvalue weighted by Crippen LogP contribution is -2.19. The molecule has 7 nitrogen and oxygen atoms in total. The number of hydrogen-bond donors (Lipinski definition) is 2. The van der Waals surface area contributed by atoms with E-state index in [1.807, 2.05) is 5.43 Å². The maximum atomic E-state index is 13.9. The molecule has 0 unspecified atom stereocenters. The van der Waals surface area contributed by atoms with Gasteiger partial charge >= 0.3 is 5.97 Å². The number of hydrazone groups is 1. The summed E-state index contributed by atoms with van der Waals surface area (Å²) in [6.45, 7) is 1.09. The van der Waals surface area contributed by atoms with Crippen LogP contribution in [-0.4, -0.2) is 34.8 Å². The van der Waals surface area contributed by atoms with Crippen molar-refractivity contribution in [1.82, 2.24) is 10.4 Å². The molecule has 0 bridgehead atoms. The third kappa shape index (κ3) is 4.59. The van der Waals surface area contributed by atoms with E-state index < -0.39 is 57.9 Å². The standard InChI is InChI=1S/C18H12F5N3O4/c1-2-30-18(29)9(7-25-26-17(28)8-4-3-5-24-6-8)16(27)10-11(19)13(21)15(23)14(22)12(10)20/h3-7,27H,2H2,1H3,(H,26,28)/b16-9-,25-7+. The van der Waals surface area contributed by atoms with Crippen LogP contribution in [0, 0.1) is 29.1 Å². The molecule has 0 saturated heterocycles. The first-order valence-electron chi connectivity index (χ1n) is 8.06. The van der Waals surface area contributed by atoms with E-state index in [-0.39, 0.29) is 12.2 Å². The first-order chi connectivity index (χ1) is 14.2. The predicted molar refractivity (Wildman–Crippen MR) is 92.6 cm³/mol. The summed E-state index contributed by atoms with van der Waals surface area (Å²) in [5, 5.41) is 13.4. The van der Waals surface area contributed by atoms with Crippen LogP contribution in [0.1, 0.15) is 22.8 Å². The zero-order valence-corrected chi connectivity index (χ0v) is 15.1. The van der Waals surface area contributed by atoms with Crippen molar-refractivity contribution in [2.24, 2.45) is 5.10 Å². The summed E-state index contributed by atoms with van der Waals surface area (Å²) < 4.78 is 72.5. The maximum Gasteiger partial charge on any atom is 0.343 e. The fraction of sp³-hybridized carbons (Fsp3) is 0.111. The van der Waals surface area contributed by atoms with Crippen molar-refractivity contribution in [1.29, 1.82) is 0 Å². The summed E-state index contributed by atoms with van der Waals surface area (Å²) in [6.07, 6.45) is 3.00. The molecular formula is C18H12F5N3O4. The Bertz CT molecular complexity index is 1010. The summed E-state index contributed by atoms with van der Waals surface area (Å²) in [7, 11) is 0. The molecule has 0 aliphatic rings. The topological polar surface area (TPSA) is 101 Å². The Kier molecular flexibility index (Phi) is 7.17. The molecule has 1 heterocycles. The molecule has 2 aromatic rings. The number of hydrogen-bond acceptors (Lipinski definition) is 6. The van der Waals surface area contributed by atoms with Crippen molar-refractivity contribution < 1.29 is 41.4 Å². The lowest BCUT2D eigenvalue weighted by atomic mass is 10.1. The van der Waals surface area contributed by atoms with Gasteiger partial charge in [-0.15, -0.1) is 0 Å². The van der Waals surface area contributed by atoms with Gasteiger partial charge in [0, 0.05) is 12.4 Å². The zero-order valence-electron chi connectivity index (χ0n) is 15.1. The fourth-order valence-electron chi connectivity index (χ4n) is 2.08. The highest BCUT2D eigenvalue weighted by Gasteiger charge is 2.30. The van der Waals surface area contributed by atoms with Crippen LogP contribution in [0.15, 0.2) is 35.2 Å². The van der Waals surface area contributed by atoms with E-state index in [9.17, 15) is 36.6 Å². The van der Waals surface area contributed by atoms with Gasteiger partial charge in [0.15, 0.2) is 23.3 Å². The molecule has 0 aliphatic heterocycles. The van der Waals surface area contributed by atoms with E-state index in [0.717, 1.165) is 0 Å². The number of amides is 1. The molecule has 0 atom stereocenters. The first kappa shape index (κ1) is 22.5. The van der Waals surface area contributed by atoms with Crippen LogP contribution in [0.5, 0.6) is 0 Å². The number of aliphatic hydroxyl groups is 1. The largest absolute Gasteiger partial charge is 0.506 e. The van der Waals surface area contributed by atoms with Gasteiger partial charge in [-0.3, -0.25) is 9.78 Å². The summed E-state index contributed by atoms with van der Waals surface area (Å²) >= 11 is 0. The highest BCUT2D eigenvalue weighted by atomic mass is 19.2. The molecule has 1 aromatic carbocycles. The van der Waals surface area contributed by atoms with Gasteiger partial charge in [-0.25, -0.2) is 32.2 Å². The second-order valence-corrected chi connectivity index (χ2v) is 5.37. The van der Waals surface area contributed by atoms with E-state index in [0.29, 0.717) is 6.21 Å². The molecule has 0 saturated carbocycles. The molecule has 2 N–H and O–H groups in total. The van der Waals surface area contributed by atoms with E-state index in [1.165, 1.54) is 31.5 Å². The van der Waals surface area contributed by atoms with Gasteiger partial charge in [-0.1, -0.05) is 0 Å². The number of carbonyl (C=O) groups excluding carboxylic acids is 2. The zero-order chi connectivity index (χ0) is 22.4. The summed E-state index contributed by atoms with van der Waals surface area (Å²) in [5.74, 6) is -15.7. The Balaban J connectivity index is 2.50. The molecule has 0 radical (unpaired) electrons. The number of aromatic nitrogens is 1. The second kappa shape index (κ2) is 9.58. The monoisotopic (exact) mass is 429 g/mol. The average molecular weight is 429 g/mol. The van der Waals surface area contributed by atoms with Crippen LogP contribution in [0.25, 0.3) is 5.76 Å². The lowest BCUT2D eigenvalue weighted by molar-refractivity contribution is -0.137.